The number of nitrogens with one attached hydrogen (secondary N) is 1. The Morgan fingerprint density at radius 2 is 1.62 bits per heavy atom. The zero-order valence-corrected chi connectivity index (χ0v) is 15.4. The van der Waals surface area contributed by atoms with Gasteiger partial charge in [-0.2, -0.15) is 17.0 Å². The topological polar surface area (TPSA) is 55.9 Å². The molecule has 0 aromatic rings. The first-order valence-electron chi connectivity index (χ1n) is 7.81. The van der Waals surface area contributed by atoms with Crippen molar-refractivity contribution < 1.29 is 8.42 Å². The highest BCUT2D eigenvalue weighted by Gasteiger charge is 2.25. The molecule has 0 heterocycles. The highest BCUT2D eigenvalue weighted by Crippen LogP contribution is 2.08. The van der Waals surface area contributed by atoms with Gasteiger partial charge in [0, 0.05) is 39.3 Å². The summed E-state index contributed by atoms with van der Waals surface area (Å²) in [5.41, 5.74) is 0. The summed E-state index contributed by atoms with van der Waals surface area (Å²) in [5.74, 6) is 0. The average Bonchev–Trinajstić information content (AvgIpc) is 2.38. The van der Waals surface area contributed by atoms with Crippen molar-refractivity contribution in [3.05, 3.63) is 0 Å². The lowest BCUT2D eigenvalue weighted by atomic mass is 10.3. The van der Waals surface area contributed by atoms with Crippen LogP contribution in [-0.2, 0) is 10.2 Å². The van der Waals surface area contributed by atoms with Crippen LogP contribution in [0.3, 0.4) is 0 Å². The van der Waals surface area contributed by atoms with E-state index in [-0.39, 0.29) is 0 Å². The van der Waals surface area contributed by atoms with Crippen molar-refractivity contribution in [2.75, 3.05) is 53.9 Å². The third-order valence-corrected chi connectivity index (χ3v) is 5.18. The van der Waals surface area contributed by atoms with Gasteiger partial charge in [0.2, 0.25) is 0 Å². The van der Waals surface area contributed by atoms with Crippen LogP contribution in [0.15, 0.2) is 0 Å². The standard InChI is InChI=1S/C14H34N4O2S/c1-7-10-18(13-12-16(4)5)21(19,20)17(6)11-8-9-15-14(2)3/h14-15H,7-13H2,1-6H3. The Labute approximate surface area is 131 Å². The van der Waals surface area contributed by atoms with Gasteiger partial charge in [-0.3, -0.25) is 0 Å². The van der Waals surface area contributed by atoms with Gasteiger partial charge in [0.25, 0.3) is 10.2 Å². The molecule has 0 saturated heterocycles. The molecular formula is C14H34N4O2S. The second-order valence-corrected chi connectivity index (χ2v) is 8.03. The SMILES string of the molecule is CCCN(CCN(C)C)S(=O)(=O)N(C)CCCNC(C)C. The van der Waals surface area contributed by atoms with E-state index < -0.39 is 10.2 Å². The normalized spacial score (nSPS) is 13.0. The average molecular weight is 323 g/mol. The van der Waals surface area contributed by atoms with Gasteiger partial charge in [-0.05, 0) is 33.5 Å². The van der Waals surface area contributed by atoms with E-state index in [1.54, 1.807) is 11.4 Å². The summed E-state index contributed by atoms with van der Waals surface area (Å²) in [6, 6.07) is 0.434. The molecule has 128 valence electrons. The Hall–Kier alpha value is -0.210. The number of hydrogen-bond acceptors (Lipinski definition) is 4. The second kappa shape index (κ2) is 10.5. The first kappa shape index (κ1) is 20.8. The zero-order valence-electron chi connectivity index (χ0n) is 14.6. The summed E-state index contributed by atoms with van der Waals surface area (Å²) < 4.78 is 28.2. The van der Waals surface area contributed by atoms with Crippen LogP contribution in [0.5, 0.6) is 0 Å². The van der Waals surface area contributed by atoms with Crippen molar-refractivity contribution >= 4 is 10.2 Å². The third-order valence-electron chi connectivity index (χ3n) is 3.19. The van der Waals surface area contributed by atoms with Crippen molar-refractivity contribution in [1.82, 2.24) is 18.8 Å². The lowest BCUT2D eigenvalue weighted by molar-refractivity contribution is 0.311. The van der Waals surface area contributed by atoms with E-state index in [1.807, 2.05) is 25.9 Å². The molecule has 0 saturated carbocycles. The maximum Gasteiger partial charge on any atom is 0.281 e. The summed E-state index contributed by atoms with van der Waals surface area (Å²) in [6.45, 7) is 9.41. The van der Waals surface area contributed by atoms with Crippen molar-refractivity contribution in [2.45, 2.75) is 39.7 Å². The number of likely N-dealkylation sites (N-methyl/N-ethyl adjacent to an activating group) is 1. The summed E-state index contributed by atoms with van der Waals surface area (Å²) in [5, 5.41) is 3.30. The molecule has 21 heavy (non-hydrogen) atoms. The van der Waals surface area contributed by atoms with Gasteiger partial charge in [0.15, 0.2) is 0 Å². The summed E-state index contributed by atoms with van der Waals surface area (Å²) >= 11 is 0. The van der Waals surface area contributed by atoms with E-state index >= 15 is 0 Å². The zero-order chi connectivity index (χ0) is 16.5. The smallest absolute Gasteiger partial charge is 0.281 e. The summed E-state index contributed by atoms with van der Waals surface area (Å²) in [7, 11) is 2.24. The van der Waals surface area contributed by atoms with Gasteiger partial charge in [0.05, 0.1) is 0 Å². The molecule has 0 unspecified atom stereocenters. The monoisotopic (exact) mass is 322 g/mol. The Balaban J connectivity index is 4.48. The first-order chi connectivity index (χ1) is 9.71. The molecule has 0 spiro atoms. The van der Waals surface area contributed by atoms with Gasteiger partial charge in [0.1, 0.15) is 0 Å². The van der Waals surface area contributed by atoms with E-state index in [2.05, 4.69) is 19.2 Å². The maximum absolute atomic E-state index is 12.6. The van der Waals surface area contributed by atoms with Gasteiger partial charge in [-0.25, -0.2) is 0 Å². The molecular weight excluding hydrogens is 288 g/mol. The second-order valence-electron chi connectivity index (χ2n) is 5.99. The molecule has 1 N–H and O–H groups in total. The van der Waals surface area contributed by atoms with Crippen molar-refractivity contribution in [3.8, 4) is 0 Å². The van der Waals surface area contributed by atoms with Gasteiger partial charge in [-0.15, -0.1) is 0 Å². The van der Waals surface area contributed by atoms with Gasteiger partial charge < -0.3 is 10.2 Å². The Morgan fingerprint density at radius 3 is 2.10 bits per heavy atom. The minimum Gasteiger partial charge on any atom is -0.314 e. The molecule has 0 radical (unpaired) electrons. The predicted octanol–water partition coefficient (Wildman–Crippen LogP) is 0.825. The summed E-state index contributed by atoms with van der Waals surface area (Å²) in [4.78, 5) is 2.00. The fourth-order valence-corrected chi connectivity index (χ4v) is 3.39. The van der Waals surface area contributed by atoms with Crippen LogP contribution < -0.4 is 5.32 Å². The molecule has 0 rings (SSSR count). The Morgan fingerprint density at radius 1 is 1.00 bits per heavy atom. The number of hydrogen-bond donors (Lipinski definition) is 1. The fraction of sp³-hybridized carbons (Fsp3) is 1.00. The molecule has 0 fully saturated rings. The van der Waals surface area contributed by atoms with Crippen LogP contribution in [0.2, 0.25) is 0 Å². The molecule has 0 aliphatic heterocycles. The van der Waals surface area contributed by atoms with E-state index in [9.17, 15) is 8.42 Å². The molecule has 0 aliphatic rings. The lowest BCUT2D eigenvalue weighted by Crippen LogP contribution is -2.45. The van der Waals surface area contributed by atoms with Crippen molar-refractivity contribution in [1.29, 1.82) is 0 Å². The van der Waals surface area contributed by atoms with E-state index in [0.717, 1.165) is 25.9 Å². The van der Waals surface area contributed by atoms with E-state index in [0.29, 0.717) is 25.7 Å². The fourth-order valence-electron chi connectivity index (χ4n) is 1.91. The number of nitrogens with zero attached hydrogens (tertiary/aromatic N) is 3. The molecule has 0 aromatic carbocycles. The van der Waals surface area contributed by atoms with E-state index in [4.69, 9.17) is 0 Å². The highest BCUT2D eigenvalue weighted by atomic mass is 32.2. The highest BCUT2D eigenvalue weighted by molar-refractivity contribution is 7.86. The largest absolute Gasteiger partial charge is 0.314 e. The number of rotatable bonds is 12. The van der Waals surface area contributed by atoms with E-state index in [1.165, 1.54) is 4.31 Å². The van der Waals surface area contributed by atoms with Crippen LogP contribution >= 0.6 is 0 Å². The molecule has 0 aromatic heterocycles. The minimum atomic E-state index is -3.35. The molecule has 0 amide bonds. The molecule has 0 aliphatic carbocycles. The molecule has 0 atom stereocenters. The maximum atomic E-state index is 12.6. The summed E-state index contributed by atoms with van der Waals surface area (Å²) in [6.07, 6.45) is 1.65. The van der Waals surface area contributed by atoms with Crippen LogP contribution in [0.4, 0.5) is 0 Å². The van der Waals surface area contributed by atoms with Crippen molar-refractivity contribution in [2.24, 2.45) is 0 Å². The molecule has 6 nitrogen and oxygen atoms in total. The predicted molar refractivity (Wildman–Crippen MR) is 89.7 cm³/mol. The van der Waals surface area contributed by atoms with Gasteiger partial charge >= 0.3 is 0 Å². The quantitative estimate of drug-likeness (QED) is 0.541. The van der Waals surface area contributed by atoms with Crippen molar-refractivity contribution in [3.63, 3.8) is 0 Å². The molecule has 7 heteroatoms. The van der Waals surface area contributed by atoms with Crippen LogP contribution in [0.1, 0.15) is 33.6 Å². The Kier molecular flexibility index (Phi) is 10.4. The third kappa shape index (κ3) is 8.73. The minimum absolute atomic E-state index is 0.434. The van der Waals surface area contributed by atoms with Gasteiger partial charge in [-0.1, -0.05) is 20.8 Å². The Bertz CT molecular complexity index is 358. The lowest BCUT2D eigenvalue weighted by Gasteiger charge is -2.28. The van der Waals surface area contributed by atoms with Crippen LogP contribution in [0, 0.1) is 0 Å². The first-order valence-corrected chi connectivity index (χ1v) is 9.21. The molecule has 0 bridgehead atoms. The van der Waals surface area contributed by atoms with Crippen LogP contribution in [0.25, 0.3) is 0 Å². The van der Waals surface area contributed by atoms with Crippen LogP contribution in [-0.4, -0.2) is 81.8 Å².